The van der Waals surface area contributed by atoms with Crippen molar-refractivity contribution in [2.75, 3.05) is 16.8 Å². The monoisotopic (exact) mass is 295 g/mol. The van der Waals surface area contributed by atoms with E-state index in [1.807, 2.05) is 11.8 Å². The predicted octanol–water partition coefficient (Wildman–Crippen LogP) is 3.68. The number of nitro benzene ring substituents is 1. The summed E-state index contributed by atoms with van der Waals surface area (Å²) in [6, 6.07) is 5.08. The normalized spacial score (nSPS) is 12.5. The van der Waals surface area contributed by atoms with Gasteiger partial charge in [-0.05, 0) is 30.9 Å². The predicted molar refractivity (Wildman–Crippen MR) is 81.4 cm³/mol. The van der Waals surface area contributed by atoms with Crippen LogP contribution < -0.4 is 5.32 Å². The van der Waals surface area contributed by atoms with Crippen LogP contribution in [0.15, 0.2) is 22.6 Å². The van der Waals surface area contributed by atoms with Crippen molar-refractivity contribution >= 4 is 34.6 Å². The number of nitro groups is 1. The molecule has 0 bridgehead atoms. The Kier molecular flexibility index (Phi) is 4.84. The van der Waals surface area contributed by atoms with Gasteiger partial charge in [-0.1, -0.05) is 6.92 Å². The van der Waals surface area contributed by atoms with Crippen molar-refractivity contribution in [3.05, 3.63) is 28.3 Å². The number of thioether (sulfide) groups is 1. The first kappa shape index (κ1) is 14.6. The van der Waals surface area contributed by atoms with Crippen molar-refractivity contribution in [1.29, 1.82) is 0 Å². The summed E-state index contributed by atoms with van der Waals surface area (Å²) in [4.78, 5) is 14.5. The maximum Gasteiger partial charge on any atom is 0.295 e. The molecule has 1 unspecified atom stereocenters. The van der Waals surface area contributed by atoms with Crippen molar-refractivity contribution in [1.82, 2.24) is 4.98 Å². The topological polar surface area (TPSA) is 81.2 Å². The number of hydrogen-bond acceptors (Lipinski definition) is 6. The van der Waals surface area contributed by atoms with Crippen molar-refractivity contribution in [2.45, 2.75) is 26.3 Å². The molecule has 0 saturated carbocycles. The number of benzene rings is 1. The van der Waals surface area contributed by atoms with Crippen molar-refractivity contribution < 1.29 is 9.34 Å². The van der Waals surface area contributed by atoms with Crippen LogP contribution in [0.1, 0.15) is 20.3 Å². The second kappa shape index (κ2) is 6.60. The molecule has 1 N–H and O–H groups in total. The van der Waals surface area contributed by atoms with E-state index in [9.17, 15) is 10.1 Å². The Morgan fingerprint density at radius 2 is 2.35 bits per heavy atom. The summed E-state index contributed by atoms with van der Waals surface area (Å²) in [7, 11) is 0. The quantitative estimate of drug-likeness (QED) is 0.476. The number of aromatic nitrogens is 1. The molecular formula is C13H17N3O3S. The Balaban J connectivity index is 2.05. The Hall–Kier alpha value is -1.76. The number of hydrogen-bond donors (Lipinski definition) is 1. The number of nitrogens with zero attached hydrogens (tertiary/aromatic N) is 2. The van der Waals surface area contributed by atoms with Crippen molar-refractivity contribution in [3.63, 3.8) is 0 Å². The molecule has 1 aromatic heterocycles. The Morgan fingerprint density at radius 1 is 1.55 bits per heavy atom. The van der Waals surface area contributed by atoms with Gasteiger partial charge in [-0.25, -0.2) is 0 Å². The van der Waals surface area contributed by atoms with E-state index < -0.39 is 4.92 Å². The highest BCUT2D eigenvalue weighted by atomic mass is 32.2. The van der Waals surface area contributed by atoms with Crippen LogP contribution in [0.25, 0.3) is 11.1 Å². The van der Waals surface area contributed by atoms with Gasteiger partial charge in [0.25, 0.3) is 11.7 Å². The standard InChI is InChI=1S/C13H17N3O3S/c1-3-20-7-6-9(2)14-13-15-11-5-4-10(16(17)18)8-12(11)19-13/h4-5,8-9H,3,6-7H2,1-2H3,(H,14,15). The lowest BCUT2D eigenvalue weighted by molar-refractivity contribution is -0.384. The molecule has 0 saturated heterocycles. The van der Waals surface area contributed by atoms with Gasteiger partial charge in [-0.15, -0.1) is 0 Å². The number of rotatable bonds is 7. The van der Waals surface area contributed by atoms with Crippen LogP contribution in [0.3, 0.4) is 0 Å². The highest BCUT2D eigenvalue weighted by Crippen LogP contribution is 2.24. The van der Waals surface area contributed by atoms with Crippen LogP contribution >= 0.6 is 11.8 Å². The number of anilines is 1. The van der Waals surface area contributed by atoms with Gasteiger partial charge in [-0.2, -0.15) is 16.7 Å². The summed E-state index contributed by atoms with van der Waals surface area (Å²) >= 11 is 1.89. The first-order valence-corrected chi connectivity index (χ1v) is 7.65. The fraction of sp³-hybridized carbons (Fsp3) is 0.462. The fourth-order valence-electron chi connectivity index (χ4n) is 1.78. The van der Waals surface area contributed by atoms with Gasteiger partial charge >= 0.3 is 0 Å². The minimum absolute atomic E-state index is 0.00703. The second-order valence-corrected chi connectivity index (χ2v) is 5.85. The Morgan fingerprint density at radius 3 is 3.05 bits per heavy atom. The molecule has 7 heteroatoms. The molecule has 2 aromatic rings. The Bertz CT molecular complexity index is 600. The number of fused-ring (bicyclic) bond motifs is 1. The molecule has 0 fully saturated rings. The third-order valence-corrected chi connectivity index (χ3v) is 3.78. The lowest BCUT2D eigenvalue weighted by Crippen LogP contribution is -2.16. The van der Waals surface area contributed by atoms with Gasteiger partial charge in [-0.3, -0.25) is 10.1 Å². The minimum atomic E-state index is -0.445. The first-order valence-electron chi connectivity index (χ1n) is 6.49. The molecule has 1 heterocycles. The molecule has 20 heavy (non-hydrogen) atoms. The molecule has 0 aliphatic rings. The lowest BCUT2D eigenvalue weighted by Gasteiger charge is -2.10. The minimum Gasteiger partial charge on any atom is -0.423 e. The van der Waals surface area contributed by atoms with E-state index in [0.29, 0.717) is 17.1 Å². The Labute approximate surface area is 121 Å². The van der Waals surface area contributed by atoms with E-state index in [4.69, 9.17) is 4.42 Å². The zero-order chi connectivity index (χ0) is 14.5. The van der Waals surface area contributed by atoms with E-state index in [1.54, 1.807) is 6.07 Å². The average molecular weight is 295 g/mol. The maximum absolute atomic E-state index is 10.7. The molecular weight excluding hydrogens is 278 g/mol. The molecule has 2 rings (SSSR count). The summed E-state index contributed by atoms with van der Waals surface area (Å²) in [6.07, 6.45) is 1.01. The zero-order valence-corrected chi connectivity index (χ0v) is 12.3. The van der Waals surface area contributed by atoms with Gasteiger partial charge in [0.15, 0.2) is 5.58 Å². The SMILES string of the molecule is CCSCCC(C)Nc1nc2ccc([N+](=O)[O-])cc2o1. The summed E-state index contributed by atoms with van der Waals surface area (Å²) in [6.45, 7) is 4.20. The first-order chi connectivity index (χ1) is 9.60. The van der Waals surface area contributed by atoms with E-state index in [0.717, 1.165) is 17.9 Å². The number of oxazole rings is 1. The largest absolute Gasteiger partial charge is 0.423 e. The highest BCUT2D eigenvalue weighted by molar-refractivity contribution is 7.99. The summed E-state index contributed by atoms with van der Waals surface area (Å²) < 4.78 is 5.50. The summed E-state index contributed by atoms with van der Waals surface area (Å²) in [5.41, 5.74) is 1.05. The van der Waals surface area contributed by atoms with Crippen LogP contribution in [-0.2, 0) is 0 Å². The van der Waals surface area contributed by atoms with Crippen LogP contribution in [0.2, 0.25) is 0 Å². The van der Waals surface area contributed by atoms with Gasteiger partial charge < -0.3 is 9.73 Å². The average Bonchev–Trinajstić information content (AvgIpc) is 2.79. The lowest BCUT2D eigenvalue weighted by atomic mass is 10.3. The van der Waals surface area contributed by atoms with Crippen molar-refractivity contribution in [3.8, 4) is 0 Å². The van der Waals surface area contributed by atoms with E-state index in [2.05, 4.69) is 24.1 Å². The van der Waals surface area contributed by atoms with Crippen LogP contribution in [0.4, 0.5) is 11.7 Å². The molecule has 0 spiro atoms. The molecule has 0 radical (unpaired) electrons. The zero-order valence-electron chi connectivity index (χ0n) is 11.5. The van der Waals surface area contributed by atoms with Gasteiger partial charge in [0.1, 0.15) is 5.52 Å². The van der Waals surface area contributed by atoms with E-state index in [-0.39, 0.29) is 11.7 Å². The maximum atomic E-state index is 10.7. The summed E-state index contributed by atoms with van der Waals surface area (Å²) in [5, 5.41) is 13.9. The molecule has 1 atom stereocenters. The highest BCUT2D eigenvalue weighted by Gasteiger charge is 2.12. The third-order valence-electron chi connectivity index (χ3n) is 2.85. The number of nitrogens with one attached hydrogen (secondary N) is 1. The molecule has 0 amide bonds. The smallest absolute Gasteiger partial charge is 0.295 e. The molecule has 6 nitrogen and oxygen atoms in total. The van der Waals surface area contributed by atoms with Crippen molar-refractivity contribution in [2.24, 2.45) is 0 Å². The summed E-state index contributed by atoms with van der Waals surface area (Å²) in [5.74, 6) is 2.19. The van der Waals surface area contributed by atoms with E-state index >= 15 is 0 Å². The number of non-ortho nitro benzene ring substituents is 1. The van der Waals surface area contributed by atoms with Gasteiger partial charge in [0, 0.05) is 12.1 Å². The molecule has 0 aliphatic heterocycles. The fourth-order valence-corrected chi connectivity index (χ4v) is 2.58. The van der Waals surface area contributed by atoms with Crippen LogP contribution in [0.5, 0.6) is 0 Å². The van der Waals surface area contributed by atoms with Gasteiger partial charge in [0.2, 0.25) is 0 Å². The van der Waals surface area contributed by atoms with Crippen LogP contribution in [0, 0.1) is 10.1 Å². The van der Waals surface area contributed by atoms with E-state index in [1.165, 1.54) is 12.1 Å². The third kappa shape index (κ3) is 3.63. The second-order valence-electron chi connectivity index (χ2n) is 4.46. The van der Waals surface area contributed by atoms with Gasteiger partial charge in [0.05, 0.1) is 11.0 Å². The molecule has 0 aliphatic carbocycles. The van der Waals surface area contributed by atoms with Crippen LogP contribution in [-0.4, -0.2) is 27.5 Å². The molecule has 1 aromatic carbocycles. The molecule has 108 valence electrons.